The molecule has 200 valence electrons. The zero-order valence-corrected chi connectivity index (χ0v) is 24.1. The molecule has 39 heavy (non-hydrogen) atoms. The molecule has 0 saturated carbocycles. The van der Waals surface area contributed by atoms with Crippen molar-refractivity contribution in [3.05, 3.63) is 100 Å². The molecule has 5 rings (SSSR count). The van der Waals surface area contributed by atoms with E-state index < -0.39 is 0 Å². The number of halogens is 1. The molecule has 9 heteroatoms. The molecule has 1 aromatic carbocycles. The van der Waals surface area contributed by atoms with Crippen molar-refractivity contribution in [1.29, 1.82) is 0 Å². The van der Waals surface area contributed by atoms with Gasteiger partial charge in [0, 0.05) is 35.4 Å². The summed E-state index contributed by atoms with van der Waals surface area (Å²) in [5, 5.41) is 7.43. The molecule has 0 unspecified atom stereocenters. The number of rotatable bonds is 6. The summed E-state index contributed by atoms with van der Waals surface area (Å²) in [6, 6.07) is 17.3. The summed E-state index contributed by atoms with van der Waals surface area (Å²) < 4.78 is 2.19. The Morgan fingerprint density at radius 1 is 1.05 bits per heavy atom. The molecule has 1 amide bonds. The van der Waals surface area contributed by atoms with Crippen LogP contribution in [0.15, 0.2) is 67.0 Å². The molecule has 1 aliphatic heterocycles. The number of anilines is 2. The Bertz CT molecular complexity index is 1550. The fourth-order valence-electron chi connectivity index (χ4n) is 5.11. The Morgan fingerprint density at radius 2 is 1.82 bits per heavy atom. The van der Waals surface area contributed by atoms with Gasteiger partial charge in [-0.05, 0) is 86.6 Å². The highest BCUT2D eigenvalue weighted by Gasteiger charge is 2.42. The zero-order chi connectivity index (χ0) is 27.8. The standard InChI is InChI=1S/C30H31ClN6OS/c1-17(2)29(38)34-24-12-11-21(16-23(24)31)37-27(26(35-30(37)39)25-10-6-7-13-32-25)22-15-19(4)36(20(22)5)28-18(3)9-8-14-33-28/h6-17,26-27H,1-5H3,(H,34,38)(H,35,39)/t26-,27+/m1/s1. The van der Waals surface area contributed by atoms with E-state index in [4.69, 9.17) is 23.8 Å². The molecule has 4 heterocycles. The summed E-state index contributed by atoms with van der Waals surface area (Å²) in [6.07, 6.45) is 3.61. The number of amides is 1. The van der Waals surface area contributed by atoms with E-state index >= 15 is 0 Å². The zero-order valence-electron chi connectivity index (χ0n) is 22.6. The van der Waals surface area contributed by atoms with Gasteiger partial charge in [-0.2, -0.15) is 0 Å². The van der Waals surface area contributed by atoms with E-state index in [0.29, 0.717) is 15.8 Å². The Labute approximate surface area is 239 Å². The Balaban J connectivity index is 1.63. The van der Waals surface area contributed by atoms with Crippen molar-refractivity contribution in [3.63, 3.8) is 0 Å². The SMILES string of the molecule is Cc1cccnc1-n1c(C)cc([C@H]2[C@@H](c3ccccn3)NC(=S)N2c2ccc(NC(=O)C(C)C)c(Cl)c2)c1C. The normalized spacial score (nSPS) is 17.0. The first-order valence-corrected chi connectivity index (χ1v) is 13.7. The van der Waals surface area contributed by atoms with Crippen LogP contribution in [0.25, 0.3) is 5.82 Å². The van der Waals surface area contributed by atoms with Crippen LogP contribution in [-0.2, 0) is 4.79 Å². The summed E-state index contributed by atoms with van der Waals surface area (Å²) in [7, 11) is 0. The molecule has 0 bridgehead atoms. The summed E-state index contributed by atoms with van der Waals surface area (Å²) in [5.41, 5.74) is 6.62. The second-order valence-electron chi connectivity index (χ2n) is 10.1. The van der Waals surface area contributed by atoms with Crippen LogP contribution in [0.5, 0.6) is 0 Å². The third kappa shape index (κ3) is 5.02. The summed E-state index contributed by atoms with van der Waals surface area (Å²) in [6.45, 7) is 9.96. The van der Waals surface area contributed by atoms with E-state index in [1.165, 1.54) is 0 Å². The van der Waals surface area contributed by atoms with Gasteiger partial charge in [0.05, 0.1) is 28.5 Å². The van der Waals surface area contributed by atoms with Crippen LogP contribution in [0.3, 0.4) is 0 Å². The molecule has 1 saturated heterocycles. The number of aromatic nitrogens is 3. The molecule has 1 fully saturated rings. The maximum Gasteiger partial charge on any atom is 0.226 e. The summed E-state index contributed by atoms with van der Waals surface area (Å²) in [4.78, 5) is 23.7. The molecule has 4 aromatic rings. The van der Waals surface area contributed by atoms with E-state index in [9.17, 15) is 4.79 Å². The van der Waals surface area contributed by atoms with Crippen LogP contribution in [0.1, 0.15) is 54.1 Å². The number of hydrogen-bond acceptors (Lipinski definition) is 4. The van der Waals surface area contributed by atoms with Crippen molar-refractivity contribution in [2.75, 3.05) is 10.2 Å². The topological polar surface area (TPSA) is 75.1 Å². The fraction of sp³-hybridized carbons (Fsp3) is 0.267. The third-order valence-electron chi connectivity index (χ3n) is 7.09. The van der Waals surface area contributed by atoms with Crippen molar-refractivity contribution in [3.8, 4) is 5.82 Å². The molecule has 2 atom stereocenters. The lowest BCUT2D eigenvalue weighted by Gasteiger charge is -2.28. The number of aryl methyl sites for hydroxylation is 2. The lowest BCUT2D eigenvalue weighted by molar-refractivity contribution is -0.118. The number of nitrogens with one attached hydrogen (secondary N) is 2. The highest BCUT2D eigenvalue weighted by Crippen LogP contribution is 2.44. The summed E-state index contributed by atoms with van der Waals surface area (Å²) >= 11 is 12.6. The second-order valence-corrected chi connectivity index (χ2v) is 10.9. The van der Waals surface area contributed by atoms with Crippen molar-refractivity contribution in [2.45, 2.75) is 46.7 Å². The number of thiocarbonyl (C=S) groups is 1. The molecule has 0 spiro atoms. The van der Waals surface area contributed by atoms with Gasteiger partial charge in [0.1, 0.15) is 5.82 Å². The Morgan fingerprint density at radius 3 is 2.49 bits per heavy atom. The van der Waals surface area contributed by atoms with Crippen LogP contribution in [0, 0.1) is 26.7 Å². The van der Waals surface area contributed by atoms with Crippen LogP contribution in [0.4, 0.5) is 11.4 Å². The molecule has 7 nitrogen and oxygen atoms in total. The van der Waals surface area contributed by atoms with Gasteiger partial charge in [-0.25, -0.2) is 4.98 Å². The minimum absolute atomic E-state index is 0.0895. The van der Waals surface area contributed by atoms with E-state index in [1.807, 2.05) is 62.5 Å². The van der Waals surface area contributed by atoms with Gasteiger partial charge in [0.25, 0.3) is 0 Å². The number of benzene rings is 1. The molecular weight excluding hydrogens is 528 g/mol. The number of nitrogens with zero attached hydrogens (tertiary/aromatic N) is 4. The monoisotopic (exact) mass is 558 g/mol. The third-order valence-corrected chi connectivity index (χ3v) is 7.72. The molecular formula is C30H31ClN6OS. The van der Waals surface area contributed by atoms with E-state index in [2.05, 4.69) is 63.0 Å². The highest BCUT2D eigenvalue weighted by molar-refractivity contribution is 7.80. The minimum atomic E-state index is -0.205. The van der Waals surface area contributed by atoms with Gasteiger partial charge in [-0.15, -0.1) is 0 Å². The first-order valence-electron chi connectivity index (χ1n) is 12.9. The van der Waals surface area contributed by atoms with E-state index in [-0.39, 0.29) is 23.9 Å². The number of pyridine rings is 2. The van der Waals surface area contributed by atoms with Crippen molar-refractivity contribution in [2.24, 2.45) is 5.92 Å². The average molecular weight is 559 g/mol. The van der Waals surface area contributed by atoms with Crippen LogP contribution in [0.2, 0.25) is 5.02 Å². The predicted octanol–water partition coefficient (Wildman–Crippen LogP) is 6.62. The predicted molar refractivity (Wildman–Crippen MR) is 161 cm³/mol. The van der Waals surface area contributed by atoms with Gasteiger partial charge < -0.3 is 20.1 Å². The lowest BCUT2D eigenvalue weighted by Crippen LogP contribution is -2.29. The largest absolute Gasteiger partial charge is 0.351 e. The second kappa shape index (κ2) is 10.8. The van der Waals surface area contributed by atoms with E-state index in [0.717, 1.165) is 39.7 Å². The number of carbonyl (C=O) groups excluding carboxylic acids is 1. The van der Waals surface area contributed by atoms with Gasteiger partial charge in [-0.1, -0.05) is 37.6 Å². The van der Waals surface area contributed by atoms with Crippen LogP contribution >= 0.6 is 23.8 Å². The number of hydrogen-bond donors (Lipinski definition) is 2. The fourth-order valence-corrected chi connectivity index (χ4v) is 5.67. The Hall–Kier alpha value is -3.75. The van der Waals surface area contributed by atoms with Gasteiger partial charge >= 0.3 is 0 Å². The van der Waals surface area contributed by atoms with Crippen molar-refractivity contribution in [1.82, 2.24) is 19.9 Å². The van der Waals surface area contributed by atoms with Gasteiger partial charge in [0.2, 0.25) is 5.91 Å². The summed E-state index contributed by atoms with van der Waals surface area (Å²) in [5.74, 6) is 0.660. The van der Waals surface area contributed by atoms with Crippen LogP contribution in [-0.4, -0.2) is 25.6 Å². The first kappa shape index (κ1) is 26.8. The molecule has 0 radical (unpaired) electrons. The van der Waals surface area contributed by atoms with E-state index in [1.54, 1.807) is 6.20 Å². The van der Waals surface area contributed by atoms with Crippen LogP contribution < -0.4 is 15.5 Å². The first-order chi connectivity index (χ1) is 18.7. The average Bonchev–Trinajstić information content (AvgIpc) is 3.41. The minimum Gasteiger partial charge on any atom is -0.351 e. The smallest absolute Gasteiger partial charge is 0.226 e. The maximum absolute atomic E-state index is 12.3. The van der Waals surface area contributed by atoms with Gasteiger partial charge in [0.15, 0.2) is 5.11 Å². The molecule has 3 aromatic heterocycles. The maximum atomic E-state index is 12.3. The quantitative estimate of drug-likeness (QED) is 0.259. The molecule has 1 aliphatic rings. The Kier molecular flexibility index (Phi) is 7.42. The number of carbonyl (C=O) groups is 1. The van der Waals surface area contributed by atoms with Gasteiger partial charge in [-0.3, -0.25) is 9.78 Å². The highest BCUT2D eigenvalue weighted by atomic mass is 35.5. The molecule has 0 aliphatic carbocycles. The van der Waals surface area contributed by atoms with Crippen molar-refractivity contribution >= 4 is 46.2 Å². The van der Waals surface area contributed by atoms with Crippen molar-refractivity contribution < 1.29 is 4.79 Å². The molecule has 2 N–H and O–H groups in total. The lowest BCUT2D eigenvalue weighted by atomic mass is 9.96.